The molecule has 0 aliphatic rings. The van der Waals surface area contributed by atoms with Gasteiger partial charge in [0, 0.05) is 4.47 Å². The Labute approximate surface area is 149 Å². The van der Waals surface area contributed by atoms with E-state index < -0.39 is 17.9 Å². The average Bonchev–Trinajstić information content (AvgIpc) is 2.56. The molecule has 0 spiro atoms. The van der Waals surface area contributed by atoms with Gasteiger partial charge in [-0.3, -0.25) is 20.4 Å². The van der Waals surface area contributed by atoms with Crippen LogP contribution in [-0.4, -0.2) is 17.9 Å². The average molecular weight is 391 g/mol. The third kappa shape index (κ3) is 4.35. The van der Waals surface area contributed by atoms with Crippen molar-refractivity contribution >= 4 is 27.7 Å². The van der Waals surface area contributed by atoms with Crippen LogP contribution in [-0.2, 0) is 4.79 Å². The summed E-state index contributed by atoms with van der Waals surface area (Å²) >= 11 is 3.29. The highest BCUT2D eigenvalue weighted by molar-refractivity contribution is 9.10. The highest BCUT2D eigenvalue weighted by Crippen LogP contribution is 2.23. The maximum atomic E-state index is 12.1. The summed E-state index contributed by atoms with van der Waals surface area (Å²) in [6.07, 6.45) is -0.746. The number of amides is 2. The fraction of sp³-hybridized carbons (Fsp3) is 0.222. The number of rotatable bonds is 4. The molecule has 0 bridgehead atoms. The number of ether oxygens (including phenoxy) is 1. The van der Waals surface area contributed by atoms with Gasteiger partial charge in [0.25, 0.3) is 11.8 Å². The highest BCUT2D eigenvalue weighted by atomic mass is 79.9. The van der Waals surface area contributed by atoms with Gasteiger partial charge in [0.15, 0.2) is 6.10 Å². The fourth-order valence-corrected chi connectivity index (χ4v) is 2.61. The van der Waals surface area contributed by atoms with Crippen molar-refractivity contribution in [2.75, 3.05) is 0 Å². The van der Waals surface area contributed by atoms with E-state index in [1.165, 1.54) is 0 Å². The van der Waals surface area contributed by atoms with Crippen LogP contribution in [0.15, 0.2) is 46.9 Å². The topological polar surface area (TPSA) is 67.4 Å². The molecular weight excluding hydrogens is 372 g/mol. The molecule has 0 saturated carbocycles. The van der Waals surface area contributed by atoms with Gasteiger partial charge in [0.2, 0.25) is 0 Å². The maximum absolute atomic E-state index is 12.1. The number of halogens is 1. The van der Waals surface area contributed by atoms with Gasteiger partial charge in [0.1, 0.15) is 5.75 Å². The van der Waals surface area contributed by atoms with Crippen molar-refractivity contribution in [2.24, 2.45) is 0 Å². The van der Waals surface area contributed by atoms with Crippen LogP contribution in [0.5, 0.6) is 5.75 Å². The lowest BCUT2D eigenvalue weighted by atomic mass is 10.1. The molecular formula is C18H19BrN2O3. The summed E-state index contributed by atoms with van der Waals surface area (Å²) < 4.78 is 6.38. The molecule has 6 heteroatoms. The van der Waals surface area contributed by atoms with Crippen LogP contribution in [0.25, 0.3) is 0 Å². The second-order valence-electron chi connectivity index (χ2n) is 5.40. The van der Waals surface area contributed by atoms with E-state index in [-0.39, 0.29) is 0 Å². The Bertz CT molecular complexity index is 741. The zero-order valence-electron chi connectivity index (χ0n) is 13.7. The lowest BCUT2D eigenvalue weighted by Gasteiger charge is -2.18. The summed E-state index contributed by atoms with van der Waals surface area (Å²) in [4.78, 5) is 24.2. The first-order valence-electron chi connectivity index (χ1n) is 7.47. The van der Waals surface area contributed by atoms with Gasteiger partial charge < -0.3 is 4.74 Å². The molecule has 24 heavy (non-hydrogen) atoms. The number of carbonyl (C=O) groups excluding carboxylic acids is 2. The molecule has 0 aliphatic carbocycles. The molecule has 0 heterocycles. The number of hydrogen-bond donors (Lipinski definition) is 2. The van der Waals surface area contributed by atoms with Crippen molar-refractivity contribution in [2.45, 2.75) is 26.9 Å². The lowest BCUT2D eigenvalue weighted by molar-refractivity contribution is -0.128. The van der Waals surface area contributed by atoms with Crippen LogP contribution < -0.4 is 15.6 Å². The SMILES string of the molecule is Cc1cccc(C)c1OC(C)C(=O)NNC(=O)c1ccccc1Br. The van der Waals surface area contributed by atoms with E-state index in [1.807, 2.05) is 32.0 Å². The Kier molecular flexibility index (Phi) is 5.98. The van der Waals surface area contributed by atoms with Gasteiger partial charge in [0.05, 0.1) is 5.56 Å². The minimum absolute atomic E-state index is 0.407. The number of benzene rings is 2. The van der Waals surface area contributed by atoms with E-state index >= 15 is 0 Å². The zero-order valence-corrected chi connectivity index (χ0v) is 15.3. The lowest BCUT2D eigenvalue weighted by Crippen LogP contribution is -2.47. The van der Waals surface area contributed by atoms with E-state index in [0.29, 0.717) is 15.8 Å². The summed E-state index contributed by atoms with van der Waals surface area (Å²) in [5.74, 6) is -0.162. The van der Waals surface area contributed by atoms with E-state index in [0.717, 1.165) is 11.1 Å². The number of nitrogens with one attached hydrogen (secondary N) is 2. The van der Waals surface area contributed by atoms with Crippen LogP contribution in [0.3, 0.4) is 0 Å². The number of para-hydroxylation sites is 1. The zero-order chi connectivity index (χ0) is 17.7. The van der Waals surface area contributed by atoms with Gasteiger partial charge in [-0.15, -0.1) is 0 Å². The van der Waals surface area contributed by atoms with Gasteiger partial charge in [-0.05, 0) is 60.0 Å². The summed E-state index contributed by atoms with van der Waals surface area (Å²) in [5, 5.41) is 0. The Balaban J connectivity index is 1.95. The Morgan fingerprint density at radius 1 is 1.00 bits per heavy atom. The molecule has 1 unspecified atom stereocenters. The molecule has 2 aromatic rings. The van der Waals surface area contributed by atoms with Gasteiger partial charge >= 0.3 is 0 Å². The maximum Gasteiger partial charge on any atom is 0.279 e. The normalized spacial score (nSPS) is 11.5. The van der Waals surface area contributed by atoms with Gasteiger partial charge in [-0.25, -0.2) is 0 Å². The third-order valence-electron chi connectivity index (χ3n) is 3.49. The number of carbonyl (C=O) groups is 2. The molecule has 126 valence electrons. The van der Waals surface area contributed by atoms with E-state index in [1.54, 1.807) is 31.2 Å². The van der Waals surface area contributed by atoms with Crippen LogP contribution in [0.1, 0.15) is 28.4 Å². The van der Waals surface area contributed by atoms with E-state index in [4.69, 9.17) is 4.74 Å². The number of aryl methyl sites for hydroxylation is 2. The van der Waals surface area contributed by atoms with Crippen molar-refractivity contribution in [3.8, 4) is 5.75 Å². The smallest absolute Gasteiger partial charge is 0.279 e. The molecule has 2 aromatic carbocycles. The Morgan fingerprint density at radius 2 is 1.62 bits per heavy atom. The molecule has 0 aliphatic heterocycles. The van der Waals surface area contributed by atoms with Gasteiger partial charge in [-0.1, -0.05) is 30.3 Å². The van der Waals surface area contributed by atoms with E-state index in [2.05, 4.69) is 26.8 Å². The van der Waals surface area contributed by atoms with Crippen molar-refractivity contribution in [1.82, 2.24) is 10.9 Å². The Morgan fingerprint density at radius 3 is 2.25 bits per heavy atom. The van der Waals surface area contributed by atoms with E-state index in [9.17, 15) is 9.59 Å². The molecule has 2 N–H and O–H groups in total. The first-order chi connectivity index (χ1) is 11.4. The minimum atomic E-state index is -0.746. The Hall–Kier alpha value is -2.34. The summed E-state index contributed by atoms with van der Waals surface area (Å²) in [6, 6.07) is 12.7. The minimum Gasteiger partial charge on any atom is -0.480 e. The van der Waals surface area contributed by atoms with Crippen LogP contribution in [0.4, 0.5) is 0 Å². The first kappa shape index (κ1) is 18.0. The second kappa shape index (κ2) is 7.97. The van der Waals surface area contributed by atoms with Crippen LogP contribution in [0.2, 0.25) is 0 Å². The summed E-state index contributed by atoms with van der Waals surface area (Å²) in [6.45, 7) is 5.47. The molecule has 1 atom stereocenters. The van der Waals surface area contributed by atoms with Crippen molar-refractivity contribution in [1.29, 1.82) is 0 Å². The molecule has 0 saturated heterocycles. The monoisotopic (exact) mass is 390 g/mol. The standard InChI is InChI=1S/C18H19BrN2O3/c1-11-7-6-8-12(2)16(11)24-13(3)17(22)20-21-18(23)14-9-4-5-10-15(14)19/h4-10,13H,1-3H3,(H,20,22)(H,21,23). The number of hydrogen-bond acceptors (Lipinski definition) is 3. The first-order valence-corrected chi connectivity index (χ1v) is 8.27. The van der Waals surface area contributed by atoms with Gasteiger partial charge in [-0.2, -0.15) is 0 Å². The highest BCUT2D eigenvalue weighted by Gasteiger charge is 2.18. The van der Waals surface area contributed by atoms with Crippen molar-refractivity contribution < 1.29 is 14.3 Å². The fourth-order valence-electron chi connectivity index (χ4n) is 2.15. The van der Waals surface area contributed by atoms with Crippen molar-refractivity contribution in [3.05, 3.63) is 63.6 Å². The molecule has 2 amide bonds. The molecule has 0 aromatic heterocycles. The summed E-state index contributed by atoms with van der Waals surface area (Å²) in [7, 11) is 0. The van der Waals surface area contributed by atoms with Crippen molar-refractivity contribution in [3.63, 3.8) is 0 Å². The molecule has 2 rings (SSSR count). The second-order valence-corrected chi connectivity index (χ2v) is 6.26. The third-order valence-corrected chi connectivity index (χ3v) is 4.18. The molecule has 0 radical (unpaired) electrons. The van der Waals surface area contributed by atoms with Crippen LogP contribution in [0, 0.1) is 13.8 Å². The summed E-state index contributed by atoms with van der Waals surface area (Å²) in [5.41, 5.74) is 7.10. The number of hydrazine groups is 1. The molecule has 5 nitrogen and oxygen atoms in total. The predicted molar refractivity (Wildman–Crippen MR) is 95.8 cm³/mol. The largest absolute Gasteiger partial charge is 0.480 e. The van der Waals surface area contributed by atoms with Crippen LogP contribution >= 0.6 is 15.9 Å². The quantitative estimate of drug-likeness (QED) is 0.786. The molecule has 0 fully saturated rings. The predicted octanol–water partition coefficient (Wildman–Crippen LogP) is 3.29.